The largest absolute Gasteiger partial charge is 0.347 e. The van der Waals surface area contributed by atoms with Crippen molar-refractivity contribution < 1.29 is 13.2 Å². The van der Waals surface area contributed by atoms with E-state index in [0.717, 1.165) is 10.4 Å². The fraction of sp³-hybridized carbons (Fsp3) is 0.353. The van der Waals surface area contributed by atoms with Gasteiger partial charge in [-0.2, -0.15) is 0 Å². The molecule has 5 nitrogen and oxygen atoms in total. The average molecular weight is 401 g/mol. The molecule has 1 amide bonds. The Bertz CT molecular complexity index is 884. The number of benzene rings is 1. The molecule has 0 spiro atoms. The molecule has 2 aromatic rings. The van der Waals surface area contributed by atoms with Crippen molar-refractivity contribution >= 4 is 38.9 Å². The summed E-state index contributed by atoms with van der Waals surface area (Å²) in [5.41, 5.74) is 0.698. The van der Waals surface area contributed by atoms with Gasteiger partial charge in [-0.1, -0.05) is 11.6 Å². The number of sulfonamides is 1. The molecule has 1 aromatic carbocycles. The van der Waals surface area contributed by atoms with Crippen LogP contribution in [0.4, 0.5) is 0 Å². The van der Waals surface area contributed by atoms with E-state index in [1.54, 1.807) is 32.1 Å². The van der Waals surface area contributed by atoms with Crippen molar-refractivity contribution in [2.24, 2.45) is 0 Å². The molecule has 2 rings (SSSR count). The third-order valence-electron chi connectivity index (χ3n) is 3.30. The molecule has 0 radical (unpaired) electrons. The maximum absolute atomic E-state index is 12.5. The van der Waals surface area contributed by atoms with E-state index in [1.165, 1.54) is 18.2 Å². The van der Waals surface area contributed by atoms with Gasteiger partial charge in [0.05, 0.1) is 11.6 Å². The number of thiophene rings is 1. The van der Waals surface area contributed by atoms with Gasteiger partial charge in [0.15, 0.2) is 0 Å². The van der Waals surface area contributed by atoms with Crippen LogP contribution in [0.2, 0.25) is 5.02 Å². The van der Waals surface area contributed by atoms with Crippen LogP contribution < -0.4 is 10.0 Å². The summed E-state index contributed by atoms with van der Waals surface area (Å²) < 4.78 is 27.6. The van der Waals surface area contributed by atoms with Gasteiger partial charge in [-0.3, -0.25) is 4.79 Å². The van der Waals surface area contributed by atoms with Crippen LogP contribution in [0.1, 0.15) is 41.6 Å². The van der Waals surface area contributed by atoms with Gasteiger partial charge in [-0.15, -0.1) is 11.3 Å². The van der Waals surface area contributed by atoms with Gasteiger partial charge in [-0.25, -0.2) is 13.1 Å². The molecule has 0 saturated heterocycles. The number of hydrogen-bond donors (Lipinski definition) is 2. The number of amides is 1. The van der Waals surface area contributed by atoms with E-state index in [4.69, 9.17) is 11.6 Å². The van der Waals surface area contributed by atoms with E-state index in [2.05, 4.69) is 10.0 Å². The molecule has 0 aliphatic rings. The van der Waals surface area contributed by atoms with Gasteiger partial charge in [0, 0.05) is 16.0 Å². The molecule has 25 heavy (non-hydrogen) atoms. The van der Waals surface area contributed by atoms with Gasteiger partial charge >= 0.3 is 0 Å². The standard InChI is InChI=1S/C17H21ClN2O3S2/c1-11-7-8-24-14(11)10-19-16(21)12-5-6-13(18)15(9-12)25(22,23)20-17(2,3)4/h5-9,20H,10H2,1-4H3,(H,19,21). The molecular weight excluding hydrogens is 380 g/mol. The first-order valence-electron chi connectivity index (χ1n) is 7.64. The highest BCUT2D eigenvalue weighted by atomic mass is 35.5. The lowest BCUT2D eigenvalue weighted by molar-refractivity contribution is 0.0951. The SMILES string of the molecule is Cc1ccsc1CNC(=O)c1ccc(Cl)c(S(=O)(=O)NC(C)(C)C)c1. The molecule has 1 heterocycles. The van der Waals surface area contributed by atoms with E-state index >= 15 is 0 Å². The lowest BCUT2D eigenvalue weighted by Crippen LogP contribution is -2.40. The number of aryl methyl sites for hydroxylation is 1. The second kappa shape index (κ2) is 7.45. The van der Waals surface area contributed by atoms with Gasteiger partial charge in [-0.05, 0) is 62.9 Å². The fourth-order valence-electron chi connectivity index (χ4n) is 2.16. The number of carbonyl (C=O) groups excluding carboxylic acids is 1. The molecule has 2 N–H and O–H groups in total. The number of halogens is 1. The summed E-state index contributed by atoms with van der Waals surface area (Å²) in [6.07, 6.45) is 0. The van der Waals surface area contributed by atoms with Crippen LogP contribution in [0.3, 0.4) is 0 Å². The van der Waals surface area contributed by atoms with Crippen molar-refractivity contribution in [3.8, 4) is 0 Å². The molecule has 0 fully saturated rings. The summed E-state index contributed by atoms with van der Waals surface area (Å²) >= 11 is 7.61. The molecule has 0 saturated carbocycles. The minimum absolute atomic E-state index is 0.0717. The molecule has 1 aromatic heterocycles. The number of rotatable bonds is 5. The Kier molecular flexibility index (Phi) is 5.93. The Balaban J connectivity index is 2.23. The quantitative estimate of drug-likeness (QED) is 0.803. The first-order valence-corrected chi connectivity index (χ1v) is 10.4. The predicted molar refractivity (Wildman–Crippen MR) is 102 cm³/mol. The highest BCUT2D eigenvalue weighted by molar-refractivity contribution is 7.89. The van der Waals surface area contributed by atoms with E-state index in [9.17, 15) is 13.2 Å². The van der Waals surface area contributed by atoms with Gasteiger partial charge in [0.25, 0.3) is 5.91 Å². The number of hydrogen-bond acceptors (Lipinski definition) is 4. The van der Waals surface area contributed by atoms with E-state index < -0.39 is 15.6 Å². The Morgan fingerprint density at radius 3 is 2.48 bits per heavy atom. The topological polar surface area (TPSA) is 75.3 Å². The molecular formula is C17H21ClN2O3S2. The van der Waals surface area contributed by atoms with Crippen LogP contribution in [0.25, 0.3) is 0 Å². The molecule has 0 atom stereocenters. The van der Waals surface area contributed by atoms with Crippen LogP contribution in [0.15, 0.2) is 34.5 Å². The van der Waals surface area contributed by atoms with Crippen LogP contribution in [-0.4, -0.2) is 19.9 Å². The lowest BCUT2D eigenvalue weighted by Gasteiger charge is -2.21. The average Bonchev–Trinajstić information content (AvgIpc) is 2.88. The Hall–Kier alpha value is -1.41. The molecule has 136 valence electrons. The maximum Gasteiger partial charge on any atom is 0.251 e. The monoisotopic (exact) mass is 400 g/mol. The first kappa shape index (κ1) is 19.9. The molecule has 0 aliphatic heterocycles. The van der Waals surface area contributed by atoms with Gasteiger partial charge in [0.2, 0.25) is 10.0 Å². The predicted octanol–water partition coefficient (Wildman–Crippen LogP) is 3.72. The second-order valence-electron chi connectivity index (χ2n) is 6.71. The highest BCUT2D eigenvalue weighted by Gasteiger charge is 2.25. The Morgan fingerprint density at radius 2 is 1.92 bits per heavy atom. The summed E-state index contributed by atoms with van der Waals surface area (Å²) in [5.74, 6) is -0.350. The van der Waals surface area contributed by atoms with E-state index in [0.29, 0.717) is 6.54 Å². The maximum atomic E-state index is 12.5. The minimum Gasteiger partial charge on any atom is -0.347 e. The van der Waals surface area contributed by atoms with Crippen LogP contribution in [0, 0.1) is 6.92 Å². The van der Waals surface area contributed by atoms with Gasteiger partial charge < -0.3 is 5.32 Å². The molecule has 0 bridgehead atoms. The third kappa shape index (κ3) is 5.28. The Labute approximate surface area is 157 Å². The van der Waals surface area contributed by atoms with Crippen molar-refractivity contribution in [3.05, 3.63) is 50.7 Å². The van der Waals surface area contributed by atoms with E-state index in [1.807, 2.05) is 18.4 Å². The van der Waals surface area contributed by atoms with Crippen molar-refractivity contribution in [2.45, 2.75) is 44.7 Å². The van der Waals surface area contributed by atoms with Crippen LogP contribution in [-0.2, 0) is 16.6 Å². The van der Waals surface area contributed by atoms with E-state index in [-0.39, 0.29) is 21.4 Å². The van der Waals surface area contributed by atoms with Crippen molar-refractivity contribution in [3.63, 3.8) is 0 Å². The Morgan fingerprint density at radius 1 is 1.24 bits per heavy atom. The number of nitrogens with one attached hydrogen (secondary N) is 2. The summed E-state index contributed by atoms with van der Waals surface area (Å²) in [6, 6.07) is 6.21. The third-order valence-corrected chi connectivity index (χ3v) is 6.56. The summed E-state index contributed by atoms with van der Waals surface area (Å²) in [6.45, 7) is 7.57. The zero-order chi connectivity index (χ0) is 18.8. The van der Waals surface area contributed by atoms with Crippen molar-refractivity contribution in [1.29, 1.82) is 0 Å². The smallest absolute Gasteiger partial charge is 0.251 e. The zero-order valence-electron chi connectivity index (χ0n) is 14.5. The summed E-state index contributed by atoms with van der Waals surface area (Å²) in [4.78, 5) is 13.3. The normalized spacial score (nSPS) is 12.2. The molecule has 0 aliphatic carbocycles. The highest BCUT2D eigenvalue weighted by Crippen LogP contribution is 2.24. The zero-order valence-corrected chi connectivity index (χ0v) is 16.9. The van der Waals surface area contributed by atoms with Gasteiger partial charge in [0.1, 0.15) is 4.90 Å². The van der Waals surface area contributed by atoms with Crippen molar-refractivity contribution in [2.75, 3.05) is 0 Å². The summed E-state index contributed by atoms with van der Waals surface area (Å²) in [5, 5.41) is 4.83. The minimum atomic E-state index is -3.83. The summed E-state index contributed by atoms with van der Waals surface area (Å²) in [7, 11) is -3.83. The molecule has 0 unspecified atom stereocenters. The molecule has 8 heteroatoms. The fourth-order valence-corrected chi connectivity index (χ4v) is 4.95. The van der Waals surface area contributed by atoms with Crippen molar-refractivity contribution in [1.82, 2.24) is 10.0 Å². The van der Waals surface area contributed by atoms with Crippen LogP contribution in [0.5, 0.6) is 0 Å². The first-order chi connectivity index (χ1) is 11.5. The lowest BCUT2D eigenvalue weighted by atomic mass is 10.1. The number of carbonyl (C=O) groups is 1. The van der Waals surface area contributed by atoms with Crippen LogP contribution >= 0.6 is 22.9 Å². The second-order valence-corrected chi connectivity index (χ2v) is 9.77.